The van der Waals surface area contributed by atoms with Gasteiger partial charge in [0.05, 0.1) is 6.26 Å². The standard InChI is InChI=1S/C13H21NO2/c1-10(14)13(12-6-3-8-15-12)16-9-7-11-4-2-5-11/h3,6,8,10-11,13H,2,4-5,7,9,14H2,1H3. The van der Waals surface area contributed by atoms with Crippen molar-refractivity contribution >= 4 is 0 Å². The predicted molar refractivity (Wildman–Crippen MR) is 63.0 cm³/mol. The van der Waals surface area contributed by atoms with E-state index in [2.05, 4.69) is 0 Å². The lowest BCUT2D eigenvalue weighted by molar-refractivity contribution is 0.0117. The van der Waals surface area contributed by atoms with Gasteiger partial charge in [0, 0.05) is 12.6 Å². The Morgan fingerprint density at radius 2 is 2.38 bits per heavy atom. The van der Waals surface area contributed by atoms with Gasteiger partial charge in [-0.1, -0.05) is 19.3 Å². The average Bonchev–Trinajstić information content (AvgIpc) is 2.67. The van der Waals surface area contributed by atoms with E-state index < -0.39 is 0 Å². The molecule has 0 bridgehead atoms. The average molecular weight is 223 g/mol. The Bertz CT molecular complexity index is 291. The number of ether oxygens (including phenoxy) is 1. The Morgan fingerprint density at radius 3 is 2.88 bits per heavy atom. The fourth-order valence-electron chi connectivity index (χ4n) is 2.09. The molecule has 3 nitrogen and oxygen atoms in total. The number of nitrogens with two attached hydrogens (primary N) is 1. The van der Waals surface area contributed by atoms with Crippen molar-refractivity contribution in [3.8, 4) is 0 Å². The first-order valence-electron chi connectivity index (χ1n) is 6.18. The van der Waals surface area contributed by atoms with Gasteiger partial charge >= 0.3 is 0 Å². The number of hydrogen-bond donors (Lipinski definition) is 1. The van der Waals surface area contributed by atoms with E-state index in [1.54, 1.807) is 6.26 Å². The van der Waals surface area contributed by atoms with Crippen LogP contribution in [0.4, 0.5) is 0 Å². The third-order valence-electron chi connectivity index (χ3n) is 3.35. The molecule has 1 heterocycles. The first-order valence-corrected chi connectivity index (χ1v) is 6.18. The minimum absolute atomic E-state index is 0.0347. The molecular weight excluding hydrogens is 202 g/mol. The lowest BCUT2D eigenvalue weighted by Crippen LogP contribution is -2.27. The van der Waals surface area contributed by atoms with E-state index in [0.29, 0.717) is 0 Å². The molecule has 0 aromatic carbocycles. The first kappa shape index (κ1) is 11.7. The molecule has 2 unspecified atom stereocenters. The van der Waals surface area contributed by atoms with E-state index in [-0.39, 0.29) is 12.1 Å². The van der Waals surface area contributed by atoms with Gasteiger partial charge in [-0.3, -0.25) is 0 Å². The highest BCUT2D eigenvalue weighted by molar-refractivity contribution is 5.04. The summed E-state index contributed by atoms with van der Waals surface area (Å²) in [6, 6.07) is 3.77. The molecule has 2 N–H and O–H groups in total. The zero-order valence-corrected chi connectivity index (χ0v) is 9.89. The van der Waals surface area contributed by atoms with Crippen LogP contribution in [0.1, 0.15) is 44.5 Å². The van der Waals surface area contributed by atoms with E-state index in [1.807, 2.05) is 19.1 Å². The normalized spacial score (nSPS) is 20.4. The van der Waals surface area contributed by atoms with Gasteiger partial charge in [-0.2, -0.15) is 0 Å². The topological polar surface area (TPSA) is 48.4 Å². The largest absolute Gasteiger partial charge is 0.467 e. The zero-order valence-electron chi connectivity index (χ0n) is 9.89. The Kier molecular flexibility index (Phi) is 4.02. The van der Waals surface area contributed by atoms with Gasteiger partial charge in [-0.15, -0.1) is 0 Å². The van der Waals surface area contributed by atoms with Crippen molar-refractivity contribution in [3.05, 3.63) is 24.2 Å². The predicted octanol–water partition coefficient (Wildman–Crippen LogP) is 2.87. The Balaban J connectivity index is 1.78. The van der Waals surface area contributed by atoms with Crippen molar-refractivity contribution in [3.63, 3.8) is 0 Å². The Morgan fingerprint density at radius 1 is 1.56 bits per heavy atom. The minimum atomic E-state index is -0.102. The third-order valence-corrected chi connectivity index (χ3v) is 3.35. The van der Waals surface area contributed by atoms with Crippen molar-refractivity contribution < 1.29 is 9.15 Å². The Labute approximate surface area is 97.0 Å². The van der Waals surface area contributed by atoms with Crippen LogP contribution in [0.5, 0.6) is 0 Å². The summed E-state index contributed by atoms with van der Waals surface area (Å²) in [6.07, 6.45) is 6.85. The van der Waals surface area contributed by atoms with Gasteiger partial charge in [-0.25, -0.2) is 0 Å². The molecule has 0 amide bonds. The summed E-state index contributed by atoms with van der Waals surface area (Å²) >= 11 is 0. The highest BCUT2D eigenvalue weighted by Gasteiger charge is 2.21. The summed E-state index contributed by atoms with van der Waals surface area (Å²) in [6.45, 7) is 2.74. The van der Waals surface area contributed by atoms with Gasteiger partial charge in [0.2, 0.25) is 0 Å². The van der Waals surface area contributed by atoms with Gasteiger partial charge in [0.15, 0.2) is 0 Å². The molecule has 1 aromatic heterocycles. The van der Waals surface area contributed by atoms with Crippen LogP contribution in [0.3, 0.4) is 0 Å². The molecular formula is C13H21NO2. The summed E-state index contributed by atoms with van der Waals surface area (Å²) in [5.41, 5.74) is 5.91. The molecule has 2 atom stereocenters. The number of rotatable bonds is 6. The second-order valence-electron chi connectivity index (χ2n) is 4.75. The fraction of sp³-hybridized carbons (Fsp3) is 0.692. The van der Waals surface area contributed by atoms with E-state index in [1.165, 1.54) is 19.3 Å². The molecule has 0 radical (unpaired) electrons. The fourth-order valence-corrected chi connectivity index (χ4v) is 2.09. The third kappa shape index (κ3) is 2.86. The lowest BCUT2D eigenvalue weighted by atomic mass is 9.83. The summed E-state index contributed by atoms with van der Waals surface area (Å²) in [5, 5.41) is 0. The lowest BCUT2D eigenvalue weighted by Gasteiger charge is -2.26. The zero-order chi connectivity index (χ0) is 11.4. The highest BCUT2D eigenvalue weighted by atomic mass is 16.5. The molecule has 0 aliphatic heterocycles. The van der Waals surface area contributed by atoms with Crippen LogP contribution in [0, 0.1) is 5.92 Å². The summed E-state index contributed by atoms with van der Waals surface area (Å²) in [7, 11) is 0. The monoisotopic (exact) mass is 223 g/mol. The van der Waals surface area contributed by atoms with E-state index in [9.17, 15) is 0 Å². The van der Waals surface area contributed by atoms with Crippen molar-refractivity contribution in [1.82, 2.24) is 0 Å². The van der Waals surface area contributed by atoms with Crippen molar-refractivity contribution in [2.24, 2.45) is 11.7 Å². The molecule has 0 saturated heterocycles. The molecule has 1 aliphatic rings. The van der Waals surface area contributed by atoms with Gasteiger partial charge < -0.3 is 14.9 Å². The second kappa shape index (κ2) is 5.51. The second-order valence-corrected chi connectivity index (χ2v) is 4.75. The molecule has 1 saturated carbocycles. The highest BCUT2D eigenvalue weighted by Crippen LogP contribution is 2.30. The molecule has 3 heteroatoms. The summed E-state index contributed by atoms with van der Waals surface area (Å²) in [4.78, 5) is 0. The van der Waals surface area contributed by atoms with E-state index >= 15 is 0 Å². The molecule has 2 rings (SSSR count). The summed E-state index contributed by atoms with van der Waals surface area (Å²) in [5.74, 6) is 1.72. The molecule has 16 heavy (non-hydrogen) atoms. The van der Waals surface area contributed by atoms with Crippen LogP contribution in [-0.2, 0) is 4.74 Å². The molecule has 1 fully saturated rings. The van der Waals surface area contributed by atoms with Crippen LogP contribution < -0.4 is 5.73 Å². The maximum atomic E-state index is 5.91. The quantitative estimate of drug-likeness (QED) is 0.806. The molecule has 1 aliphatic carbocycles. The van der Waals surface area contributed by atoms with E-state index in [0.717, 1.165) is 24.7 Å². The van der Waals surface area contributed by atoms with Crippen LogP contribution in [0.15, 0.2) is 22.8 Å². The van der Waals surface area contributed by atoms with Crippen LogP contribution in [0.2, 0.25) is 0 Å². The van der Waals surface area contributed by atoms with Gasteiger partial charge in [-0.05, 0) is 31.4 Å². The van der Waals surface area contributed by atoms with Gasteiger partial charge in [0.25, 0.3) is 0 Å². The summed E-state index contributed by atoms with van der Waals surface area (Å²) < 4.78 is 11.2. The smallest absolute Gasteiger partial charge is 0.134 e. The SMILES string of the molecule is CC(N)C(OCCC1CCC1)c1ccco1. The van der Waals surface area contributed by atoms with E-state index in [4.69, 9.17) is 14.9 Å². The molecule has 0 spiro atoms. The van der Waals surface area contributed by atoms with Crippen LogP contribution in [0.25, 0.3) is 0 Å². The van der Waals surface area contributed by atoms with Crippen molar-refractivity contribution in [2.75, 3.05) is 6.61 Å². The number of hydrogen-bond acceptors (Lipinski definition) is 3. The molecule has 1 aromatic rings. The molecule has 90 valence electrons. The first-order chi connectivity index (χ1) is 7.77. The van der Waals surface area contributed by atoms with Crippen LogP contribution in [-0.4, -0.2) is 12.6 Å². The van der Waals surface area contributed by atoms with Crippen LogP contribution >= 0.6 is 0 Å². The van der Waals surface area contributed by atoms with Gasteiger partial charge in [0.1, 0.15) is 11.9 Å². The minimum Gasteiger partial charge on any atom is -0.467 e. The Hall–Kier alpha value is -0.800. The maximum Gasteiger partial charge on any atom is 0.134 e. The van der Waals surface area contributed by atoms with Crippen molar-refractivity contribution in [1.29, 1.82) is 0 Å². The number of furan rings is 1. The maximum absolute atomic E-state index is 5.91. The van der Waals surface area contributed by atoms with Crippen molar-refractivity contribution in [2.45, 2.75) is 44.8 Å².